The zero-order valence-electron chi connectivity index (χ0n) is 13.2. The maximum atomic E-state index is 11.7. The van der Waals surface area contributed by atoms with Gasteiger partial charge in [0, 0.05) is 24.4 Å². The maximum absolute atomic E-state index is 11.7. The third-order valence-electron chi connectivity index (χ3n) is 3.37. The zero-order chi connectivity index (χ0) is 16.3. The van der Waals surface area contributed by atoms with Gasteiger partial charge in [-0.25, -0.2) is 4.57 Å². The molecule has 0 aromatic heterocycles. The normalized spacial score (nSPS) is 20.7. The lowest BCUT2D eigenvalue weighted by atomic mass is 10.1. The van der Waals surface area contributed by atoms with E-state index in [1.165, 1.54) is 12.8 Å². The van der Waals surface area contributed by atoms with Crippen LogP contribution in [0.4, 0.5) is 0 Å². The molecule has 130 valence electrons. The molecule has 0 aromatic rings. The van der Waals surface area contributed by atoms with Crippen molar-refractivity contribution in [2.45, 2.75) is 64.4 Å². The van der Waals surface area contributed by atoms with Gasteiger partial charge in [-0.1, -0.05) is 32.6 Å². The Morgan fingerprint density at radius 3 is 2.82 bits per heavy atom. The van der Waals surface area contributed by atoms with Crippen LogP contribution in [0.5, 0.6) is 0 Å². The van der Waals surface area contributed by atoms with Crippen molar-refractivity contribution in [1.82, 2.24) is 0 Å². The molecule has 2 unspecified atom stereocenters. The van der Waals surface area contributed by atoms with E-state index in [0.29, 0.717) is 24.4 Å². The predicted molar refractivity (Wildman–Crippen MR) is 86.7 cm³/mol. The van der Waals surface area contributed by atoms with Crippen LogP contribution in [0.3, 0.4) is 0 Å². The molecule has 0 spiro atoms. The fourth-order valence-corrected chi connectivity index (χ4v) is 3.80. The molecule has 1 heterocycles. The van der Waals surface area contributed by atoms with Crippen LogP contribution in [0.15, 0.2) is 0 Å². The van der Waals surface area contributed by atoms with E-state index in [2.05, 4.69) is 6.92 Å². The average molecular weight is 354 g/mol. The van der Waals surface area contributed by atoms with E-state index in [0.717, 1.165) is 32.1 Å². The van der Waals surface area contributed by atoms with Crippen molar-refractivity contribution in [3.8, 4) is 0 Å². The number of unbranched alkanes of at least 4 members (excludes halogenated alkanes) is 4. The second-order valence-electron chi connectivity index (χ2n) is 5.33. The summed E-state index contributed by atoms with van der Waals surface area (Å²) in [5.41, 5.74) is 0. The Labute approximate surface area is 136 Å². The number of hydrogen-bond donors (Lipinski definition) is 1. The fourth-order valence-electron chi connectivity index (χ4n) is 2.09. The van der Waals surface area contributed by atoms with E-state index in [1.54, 1.807) is 0 Å². The minimum absolute atomic E-state index is 0.103. The summed E-state index contributed by atoms with van der Waals surface area (Å²) in [6.45, 7) is -0.867. The topological polar surface area (TPSA) is 82.1 Å². The van der Waals surface area contributed by atoms with Crippen LogP contribution in [-0.4, -0.2) is 36.1 Å². The average Bonchev–Trinajstić information content (AvgIpc) is 2.98. The Morgan fingerprint density at radius 2 is 2.14 bits per heavy atom. The Balaban J connectivity index is 2.03. The summed E-state index contributed by atoms with van der Waals surface area (Å²) in [5.74, 6) is -0.490. The lowest BCUT2D eigenvalue weighted by Gasteiger charge is -2.14. The summed E-state index contributed by atoms with van der Waals surface area (Å²) >= 11 is 0.628. The lowest BCUT2D eigenvalue weighted by molar-refractivity contribution is -0.141. The lowest BCUT2D eigenvalue weighted by Crippen LogP contribution is -2.12. The first-order chi connectivity index (χ1) is 10.5. The first-order valence-corrected chi connectivity index (χ1v) is 11.1. The summed E-state index contributed by atoms with van der Waals surface area (Å²) in [7, 11) is 0. The molecule has 8 heteroatoms. The molecule has 1 saturated heterocycles. The van der Waals surface area contributed by atoms with E-state index < -0.39 is 6.80 Å². The molecule has 1 fully saturated rings. The van der Waals surface area contributed by atoms with Crippen LogP contribution < -0.4 is 0 Å². The molecular weight excluding hydrogens is 327 g/mol. The van der Waals surface area contributed by atoms with Gasteiger partial charge in [-0.2, -0.15) is 0 Å². The van der Waals surface area contributed by atoms with Gasteiger partial charge in [0.15, 0.2) is 0 Å². The van der Waals surface area contributed by atoms with Gasteiger partial charge in [-0.3, -0.25) is 9.32 Å². The van der Waals surface area contributed by atoms with Crippen molar-refractivity contribution in [3.63, 3.8) is 0 Å². The van der Waals surface area contributed by atoms with Crippen LogP contribution >= 0.6 is 18.2 Å². The molecular formula is C14H27O6PS. The highest BCUT2D eigenvalue weighted by Crippen LogP contribution is 2.55. The molecule has 1 aliphatic heterocycles. The van der Waals surface area contributed by atoms with E-state index in [-0.39, 0.29) is 24.6 Å². The first kappa shape index (κ1) is 20.0. The number of hydrogen-bond acceptors (Lipinski definition) is 6. The predicted octanol–water partition coefficient (Wildman–Crippen LogP) is 3.88. The minimum Gasteiger partial charge on any atom is -0.454 e. The number of carbonyl (C=O) groups excluding carboxylic acids is 1. The minimum atomic E-state index is -3.78. The molecule has 1 rings (SSSR count). The van der Waals surface area contributed by atoms with Crippen LogP contribution in [0.1, 0.15) is 58.3 Å². The monoisotopic (exact) mass is 354 g/mol. The van der Waals surface area contributed by atoms with Crippen molar-refractivity contribution in [1.29, 1.82) is 0 Å². The van der Waals surface area contributed by atoms with Gasteiger partial charge < -0.3 is 14.4 Å². The third-order valence-corrected chi connectivity index (χ3v) is 6.00. The van der Waals surface area contributed by atoms with Crippen LogP contribution in [0, 0.1) is 0 Å². The van der Waals surface area contributed by atoms with E-state index >= 15 is 0 Å². The van der Waals surface area contributed by atoms with E-state index in [4.69, 9.17) is 14.0 Å². The van der Waals surface area contributed by atoms with Gasteiger partial charge in [-0.05, 0) is 19.3 Å². The highest BCUT2D eigenvalue weighted by molar-refractivity contribution is 8.54. The molecule has 1 aliphatic rings. The molecule has 0 aromatic carbocycles. The van der Waals surface area contributed by atoms with E-state index in [9.17, 15) is 14.3 Å². The van der Waals surface area contributed by atoms with Crippen molar-refractivity contribution in [3.05, 3.63) is 0 Å². The molecule has 0 radical (unpaired) electrons. The fraction of sp³-hybridized carbons (Fsp3) is 0.929. The summed E-state index contributed by atoms with van der Waals surface area (Å²) in [6, 6.07) is 0. The molecule has 6 nitrogen and oxygen atoms in total. The quantitative estimate of drug-likeness (QED) is 0.246. The first-order valence-electron chi connectivity index (χ1n) is 7.92. The molecule has 0 bridgehead atoms. The summed E-state index contributed by atoms with van der Waals surface area (Å²) in [4.78, 5) is 21.1. The number of esters is 1. The van der Waals surface area contributed by atoms with Gasteiger partial charge in [0.05, 0.1) is 12.7 Å². The Kier molecular flexibility index (Phi) is 10.4. The van der Waals surface area contributed by atoms with Gasteiger partial charge >= 0.3 is 12.8 Å². The number of carbonyl (C=O) groups is 1. The number of rotatable bonds is 12. The highest BCUT2D eigenvalue weighted by Gasteiger charge is 2.25. The van der Waals surface area contributed by atoms with Crippen molar-refractivity contribution >= 4 is 24.1 Å². The van der Waals surface area contributed by atoms with Crippen LogP contribution in [0.25, 0.3) is 0 Å². The van der Waals surface area contributed by atoms with Gasteiger partial charge in [-0.15, -0.1) is 0 Å². The molecule has 2 atom stereocenters. The smallest absolute Gasteiger partial charge is 0.389 e. The van der Waals surface area contributed by atoms with Crippen molar-refractivity contribution in [2.75, 3.05) is 19.2 Å². The van der Waals surface area contributed by atoms with Crippen LogP contribution in [-0.2, 0) is 23.4 Å². The van der Waals surface area contributed by atoms with E-state index in [1.807, 2.05) is 0 Å². The second kappa shape index (κ2) is 11.5. The Hall–Kier alpha value is -0.0700. The van der Waals surface area contributed by atoms with Gasteiger partial charge in [0.25, 0.3) is 0 Å². The van der Waals surface area contributed by atoms with Crippen molar-refractivity contribution < 1.29 is 28.3 Å². The molecule has 0 amide bonds. The highest BCUT2D eigenvalue weighted by atomic mass is 32.7. The zero-order valence-corrected chi connectivity index (χ0v) is 14.9. The maximum Gasteiger partial charge on any atom is 0.389 e. The Morgan fingerprint density at radius 1 is 1.36 bits per heavy atom. The van der Waals surface area contributed by atoms with Gasteiger partial charge in [0.1, 0.15) is 5.94 Å². The molecule has 1 N–H and O–H groups in total. The molecule has 22 heavy (non-hydrogen) atoms. The largest absolute Gasteiger partial charge is 0.454 e. The SMILES string of the molecule is CCCCCCCC(=O)OCSP(=O)(O)OCC1CCCO1. The van der Waals surface area contributed by atoms with Gasteiger partial charge in [0.2, 0.25) is 0 Å². The molecule has 0 saturated carbocycles. The summed E-state index contributed by atoms with van der Waals surface area (Å²) in [5, 5.41) is 0. The standard InChI is InChI=1S/C14H27O6PS/c1-2-3-4-5-6-9-14(15)19-12-22-21(16,17)20-11-13-8-7-10-18-13/h13H,2-12H2,1H3,(H,16,17). The van der Waals surface area contributed by atoms with Crippen LogP contribution in [0.2, 0.25) is 0 Å². The Bertz CT molecular complexity index is 359. The second-order valence-corrected chi connectivity index (χ2v) is 9.17. The summed E-state index contributed by atoms with van der Waals surface area (Å²) in [6.07, 6.45) is 7.34. The number of ether oxygens (including phenoxy) is 2. The van der Waals surface area contributed by atoms with Crippen molar-refractivity contribution in [2.24, 2.45) is 0 Å². The molecule has 0 aliphatic carbocycles. The summed E-state index contributed by atoms with van der Waals surface area (Å²) < 4.78 is 27.0. The third kappa shape index (κ3) is 9.85.